The third-order valence-corrected chi connectivity index (χ3v) is 8.22. The van der Waals surface area contributed by atoms with Crippen LogP contribution in [0.4, 0.5) is 0 Å². The van der Waals surface area contributed by atoms with Gasteiger partial charge in [-0.1, -0.05) is 104 Å². The quantitative estimate of drug-likeness (QED) is 0.291. The minimum absolute atomic E-state index is 0.548. The van der Waals surface area contributed by atoms with E-state index in [9.17, 15) is 0 Å². The lowest BCUT2D eigenvalue weighted by molar-refractivity contribution is 0.572. The molecule has 35 heavy (non-hydrogen) atoms. The van der Waals surface area contributed by atoms with Gasteiger partial charge in [0.05, 0.1) is 0 Å². The standard InChI is InChI=1S/C35H30/c1-23-14-19-32-33(20-23)35(29-18-16-25-9-3-5-11-27(25)22-29)31-13-7-6-12-30(31)34(32)28-17-15-24-8-2-4-10-26(24)21-28/h2-7,9-13,16,18-24H,8,14-15,17H2,1H3. The normalized spacial score (nSPS) is 20.9. The summed E-state index contributed by atoms with van der Waals surface area (Å²) in [5, 5.41) is 8.24. The molecule has 0 heterocycles. The molecule has 4 aromatic rings. The number of fused-ring (bicyclic) bond motifs is 4. The summed E-state index contributed by atoms with van der Waals surface area (Å²) in [6.45, 7) is 2.35. The molecule has 3 aliphatic carbocycles. The molecule has 0 aromatic heterocycles. The predicted octanol–water partition coefficient (Wildman–Crippen LogP) is 7.94. The molecule has 0 amide bonds. The molecule has 0 fully saturated rings. The van der Waals surface area contributed by atoms with Crippen molar-refractivity contribution in [3.05, 3.63) is 113 Å². The molecule has 0 radical (unpaired) electrons. The molecular weight excluding hydrogens is 420 g/mol. The van der Waals surface area contributed by atoms with Crippen molar-refractivity contribution >= 4 is 39.3 Å². The Bertz CT molecular complexity index is 1710. The number of allylic oxidation sites excluding steroid dienone is 6. The molecule has 0 nitrogen and oxygen atoms in total. The van der Waals surface area contributed by atoms with E-state index < -0.39 is 0 Å². The van der Waals surface area contributed by atoms with E-state index in [1.807, 2.05) is 0 Å². The Morgan fingerprint density at radius 3 is 2.46 bits per heavy atom. The Morgan fingerprint density at radius 1 is 0.771 bits per heavy atom. The van der Waals surface area contributed by atoms with Crippen molar-refractivity contribution in [3.63, 3.8) is 0 Å². The van der Waals surface area contributed by atoms with Crippen LogP contribution in [0.15, 0.2) is 96.6 Å². The van der Waals surface area contributed by atoms with Gasteiger partial charge >= 0.3 is 0 Å². The highest BCUT2D eigenvalue weighted by molar-refractivity contribution is 6.05. The third kappa shape index (κ3) is 3.43. The lowest BCUT2D eigenvalue weighted by Crippen LogP contribution is -2.34. The van der Waals surface area contributed by atoms with E-state index in [1.54, 1.807) is 0 Å². The molecule has 0 spiro atoms. The molecule has 170 valence electrons. The van der Waals surface area contributed by atoms with E-state index >= 15 is 0 Å². The summed E-state index contributed by atoms with van der Waals surface area (Å²) in [4.78, 5) is 0. The molecule has 0 heteroatoms. The van der Waals surface area contributed by atoms with Crippen LogP contribution >= 0.6 is 0 Å². The van der Waals surface area contributed by atoms with Gasteiger partial charge in [-0.05, 0) is 103 Å². The molecule has 3 aliphatic rings. The fourth-order valence-corrected chi connectivity index (χ4v) is 6.47. The zero-order chi connectivity index (χ0) is 23.4. The maximum atomic E-state index is 2.53. The largest absolute Gasteiger partial charge is 0.0839 e. The summed E-state index contributed by atoms with van der Waals surface area (Å²) < 4.78 is 0. The van der Waals surface area contributed by atoms with Gasteiger partial charge in [-0.15, -0.1) is 0 Å². The molecule has 0 aliphatic heterocycles. The maximum Gasteiger partial charge on any atom is -0.00294 e. The lowest BCUT2D eigenvalue weighted by atomic mass is 9.77. The molecular formula is C35H30. The Balaban J connectivity index is 1.57. The lowest BCUT2D eigenvalue weighted by Gasteiger charge is -2.28. The van der Waals surface area contributed by atoms with Crippen LogP contribution in [0.3, 0.4) is 0 Å². The van der Waals surface area contributed by atoms with Crippen LogP contribution in [-0.2, 0) is 0 Å². The first-order valence-electron chi connectivity index (χ1n) is 13.1. The number of rotatable bonds is 2. The van der Waals surface area contributed by atoms with Gasteiger partial charge in [-0.25, -0.2) is 0 Å². The summed E-state index contributed by atoms with van der Waals surface area (Å²) in [5.74, 6) is 1.24. The van der Waals surface area contributed by atoms with E-state index in [2.05, 4.69) is 110 Å². The third-order valence-electron chi connectivity index (χ3n) is 8.22. The number of hydrogen-bond donors (Lipinski definition) is 0. The minimum Gasteiger partial charge on any atom is -0.0839 e. The monoisotopic (exact) mass is 450 g/mol. The van der Waals surface area contributed by atoms with Crippen molar-refractivity contribution in [1.82, 2.24) is 0 Å². The Kier molecular flexibility index (Phi) is 4.87. The average Bonchev–Trinajstić information content (AvgIpc) is 2.91. The zero-order valence-corrected chi connectivity index (χ0v) is 20.3. The van der Waals surface area contributed by atoms with Crippen molar-refractivity contribution < 1.29 is 0 Å². The van der Waals surface area contributed by atoms with E-state index in [1.165, 1.54) is 72.7 Å². The summed E-state index contributed by atoms with van der Waals surface area (Å²) in [7, 11) is 0. The van der Waals surface area contributed by atoms with Crippen LogP contribution < -0.4 is 10.4 Å². The van der Waals surface area contributed by atoms with Crippen molar-refractivity contribution in [2.45, 2.75) is 32.6 Å². The van der Waals surface area contributed by atoms with E-state index in [-0.39, 0.29) is 0 Å². The van der Waals surface area contributed by atoms with E-state index in [0.29, 0.717) is 11.8 Å². The van der Waals surface area contributed by atoms with Gasteiger partial charge < -0.3 is 0 Å². The molecule has 0 saturated carbocycles. The smallest absolute Gasteiger partial charge is 0.00294 e. The second kappa shape index (κ2) is 8.24. The molecule has 2 unspecified atom stereocenters. The van der Waals surface area contributed by atoms with Gasteiger partial charge in [-0.2, -0.15) is 0 Å². The molecule has 0 N–H and O–H groups in total. The van der Waals surface area contributed by atoms with Gasteiger partial charge in [0, 0.05) is 0 Å². The van der Waals surface area contributed by atoms with E-state index in [0.717, 1.165) is 12.8 Å². The van der Waals surface area contributed by atoms with Crippen LogP contribution in [-0.4, -0.2) is 0 Å². The predicted molar refractivity (Wildman–Crippen MR) is 151 cm³/mol. The van der Waals surface area contributed by atoms with Gasteiger partial charge in [0.1, 0.15) is 0 Å². The second-order valence-electron chi connectivity index (χ2n) is 10.5. The summed E-state index contributed by atoms with van der Waals surface area (Å²) in [6, 6.07) is 24.8. The van der Waals surface area contributed by atoms with Gasteiger partial charge in [0.25, 0.3) is 0 Å². The van der Waals surface area contributed by atoms with Crippen LogP contribution in [0.1, 0.15) is 38.2 Å². The Labute approximate surface area is 207 Å². The van der Waals surface area contributed by atoms with Gasteiger partial charge in [0.2, 0.25) is 0 Å². The first-order chi connectivity index (χ1) is 17.3. The van der Waals surface area contributed by atoms with Crippen molar-refractivity contribution in [3.8, 4) is 11.1 Å². The Morgan fingerprint density at radius 2 is 1.57 bits per heavy atom. The number of hydrogen-bond acceptors (Lipinski definition) is 0. The van der Waals surface area contributed by atoms with Crippen LogP contribution in [0.5, 0.6) is 0 Å². The highest BCUT2D eigenvalue weighted by Gasteiger charge is 2.24. The SMILES string of the molecule is CC1C=c2c(-c3ccc4ccccc4c3)c3ccccc3c(C3=CC4=CC=CCC4CC3)c2=CC1. The molecule has 0 saturated heterocycles. The minimum atomic E-state index is 0.548. The molecule has 2 atom stereocenters. The van der Waals surface area contributed by atoms with Gasteiger partial charge in [0.15, 0.2) is 0 Å². The average molecular weight is 451 g/mol. The second-order valence-corrected chi connectivity index (χ2v) is 10.5. The van der Waals surface area contributed by atoms with Crippen LogP contribution in [0.2, 0.25) is 0 Å². The summed E-state index contributed by atoms with van der Waals surface area (Å²) in [6.07, 6.45) is 19.2. The molecule has 0 bridgehead atoms. The highest BCUT2D eigenvalue weighted by atomic mass is 14.3. The maximum absolute atomic E-state index is 2.53. The molecule has 4 aromatic carbocycles. The van der Waals surface area contributed by atoms with Crippen LogP contribution in [0.25, 0.3) is 50.4 Å². The van der Waals surface area contributed by atoms with Crippen molar-refractivity contribution in [2.24, 2.45) is 11.8 Å². The summed E-state index contributed by atoms with van der Waals surface area (Å²) in [5.41, 5.74) is 7.20. The molecule has 7 rings (SSSR count). The summed E-state index contributed by atoms with van der Waals surface area (Å²) >= 11 is 0. The van der Waals surface area contributed by atoms with Crippen LogP contribution in [0, 0.1) is 11.8 Å². The first kappa shape index (κ1) is 20.7. The zero-order valence-electron chi connectivity index (χ0n) is 20.3. The number of benzene rings is 4. The Hall–Kier alpha value is -3.64. The van der Waals surface area contributed by atoms with E-state index in [4.69, 9.17) is 0 Å². The fraction of sp³-hybridized carbons (Fsp3) is 0.200. The van der Waals surface area contributed by atoms with Crippen molar-refractivity contribution in [1.29, 1.82) is 0 Å². The van der Waals surface area contributed by atoms with Gasteiger partial charge in [-0.3, -0.25) is 0 Å². The van der Waals surface area contributed by atoms with Crippen molar-refractivity contribution in [2.75, 3.05) is 0 Å². The first-order valence-corrected chi connectivity index (χ1v) is 13.1. The highest BCUT2D eigenvalue weighted by Crippen LogP contribution is 2.39. The fourth-order valence-electron chi connectivity index (χ4n) is 6.47. The topological polar surface area (TPSA) is 0 Å².